The van der Waals surface area contributed by atoms with Gasteiger partial charge in [0.25, 0.3) is 0 Å². The monoisotopic (exact) mass is 370 g/mol. The molecule has 0 spiro atoms. The van der Waals surface area contributed by atoms with E-state index in [1.807, 2.05) is 19.1 Å². The first-order chi connectivity index (χ1) is 10.1. The molecule has 5 heteroatoms. The van der Waals surface area contributed by atoms with Gasteiger partial charge < -0.3 is 14.6 Å². The van der Waals surface area contributed by atoms with Crippen LogP contribution in [0.2, 0.25) is 5.02 Å². The maximum Gasteiger partial charge on any atom is 0.156 e. The molecule has 1 heterocycles. The summed E-state index contributed by atoms with van der Waals surface area (Å²) in [6.07, 6.45) is 5.41. The Labute approximate surface area is 139 Å². The van der Waals surface area contributed by atoms with Crippen molar-refractivity contribution in [2.24, 2.45) is 0 Å². The number of halogens is 2. The Morgan fingerprint density at radius 1 is 1.33 bits per heavy atom. The number of nitrogens with zero attached hydrogens (tertiary/aromatic N) is 1. The summed E-state index contributed by atoms with van der Waals surface area (Å²) < 4.78 is 8.75. The van der Waals surface area contributed by atoms with Crippen LogP contribution in [0.1, 0.15) is 25.8 Å². The molecule has 1 aromatic carbocycles. The molecule has 0 atom stereocenters. The van der Waals surface area contributed by atoms with Gasteiger partial charge in [-0.3, -0.25) is 0 Å². The Hall–Kier alpha value is -1.13. The van der Waals surface area contributed by atoms with Crippen LogP contribution >= 0.6 is 27.5 Å². The molecule has 1 aromatic heterocycles. The van der Waals surface area contributed by atoms with Crippen molar-refractivity contribution in [2.45, 2.75) is 33.4 Å². The molecule has 0 fully saturated rings. The molecule has 2 aromatic rings. The summed E-state index contributed by atoms with van der Waals surface area (Å²) in [6.45, 7) is 6.55. The molecule has 0 amide bonds. The van der Waals surface area contributed by atoms with Crippen molar-refractivity contribution >= 4 is 33.2 Å². The maximum absolute atomic E-state index is 6.12. The van der Waals surface area contributed by atoms with Crippen LogP contribution in [-0.2, 0) is 13.1 Å². The fourth-order valence-electron chi connectivity index (χ4n) is 2.17. The second-order valence-electron chi connectivity index (χ2n) is 4.81. The van der Waals surface area contributed by atoms with Gasteiger partial charge in [0.1, 0.15) is 0 Å². The van der Waals surface area contributed by atoms with E-state index < -0.39 is 0 Å². The third-order valence-corrected chi connectivity index (χ3v) is 3.88. The molecule has 0 aliphatic rings. The van der Waals surface area contributed by atoms with E-state index in [0.29, 0.717) is 11.6 Å². The van der Waals surface area contributed by atoms with E-state index in [-0.39, 0.29) is 0 Å². The van der Waals surface area contributed by atoms with Gasteiger partial charge in [0.05, 0.1) is 16.8 Å². The minimum absolute atomic E-state index is 0.613. The van der Waals surface area contributed by atoms with Gasteiger partial charge in [-0.1, -0.05) is 18.5 Å². The van der Waals surface area contributed by atoms with E-state index in [1.165, 1.54) is 5.56 Å². The Bertz CT molecular complexity index is 598. The van der Waals surface area contributed by atoms with Crippen molar-refractivity contribution in [1.29, 1.82) is 0 Å². The molecular formula is C16H20BrClN2O. The normalized spacial score (nSPS) is 10.7. The smallest absolute Gasteiger partial charge is 0.156 e. The van der Waals surface area contributed by atoms with Crippen LogP contribution in [0.4, 0.5) is 5.69 Å². The lowest BCUT2D eigenvalue weighted by atomic mass is 10.2. The van der Waals surface area contributed by atoms with Gasteiger partial charge in [-0.25, -0.2) is 0 Å². The van der Waals surface area contributed by atoms with Gasteiger partial charge >= 0.3 is 0 Å². The summed E-state index contributed by atoms with van der Waals surface area (Å²) in [5.74, 6) is 0.801. The molecule has 0 bridgehead atoms. The van der Waals surface area contributed by atoms with Crippen molar-refractivity contribution in [1.82, 2.24) is 4.57 Å². The number of benzene rings is 1. The van der Waals surface area contributed by atoms with E-state index in [0.717, 1.165) is 35.4 Å². The molecule has 0 saturated carbocycles. The van der Waals surface area contributed by atoms with Crippen LogP contribution in [0.5, 0.6) is 5.75 Å². The number of ether oxygens (including phenoxy) is 1. The highest BCUT2D eigenvalue weighted by Gasteiger charge is 2.10. The van der Waals surface area contributed by atoms with E-state index in [9.17, 15) is 0 Å². The van der Waals surface area contributed by atoms with Gasteiger partial charge in [-0.2, -0.15) is 0 Å². The van der Waals surface area contributed by atoms with Crippen molar-refractivity contribution in [3.63, 3.8) is 0 Å². The average molecular weight is 372 g/mol. The fraction of sp³-hybridized carbons (Fsp3) is 0.375. The minimum atomic E-state index is 0.613. The lowest BCUT2D eigenvalue weighted by Crippen LogP contribution is -2.03. The number of aryl methyl sites for hydroxylation is 1. The van der Waals surface area contributed by atoms with Crippen LogP contribution in [-0.4, -0.2) is 11.2 Å². The summed E-state index contributed by atoms with van der Waals surface area (Å²) in [5, 5.41) is 4.08. The Balaban J connectivity index is 2.11. The van der Waals surface area contributed by atoms with Crippen LogP contribution in [0.25, 0.3) is 0 Å². The standard InChI is InChI=1S/C16H20BrClN2O/c1-3-6-20-7-5-12(11-20)10-19-15-9-13(18)8-14(17)16(15)21-4-2/h5,7-9,11,19H,3-4,6,10H2,1-2H3. The molecule has 1 N–H and O–H groups in total. The highest BCUT2D eigenvalue weighted by atomic mass is 79.9. The number of nitrogens with one attached hydrogen (secondary N) is 1. The lowest BCUT2D eigenvalue weighted by molar-refractivity contribution is 0.339. The number of hydrogen-bond acceptors (Lipinski definition) is 2. The van der Waals surface area contributed by atoms with Crippen LogP contribution in [0.3, 0.4) is 0 Å². The zero-order valence-electron chi connectivity index (χ0n) is 12.3. The Kier molecular flexibility index (Phi) is 6.00. The summed E-state index contributed by atoms with van der Waals surface area (Å²) in [7, 11) is 0. The molecule has 0 aliphatic heterocycles. The molecule has 0 aliphatic carbocycles. The first-order valence-corrected chi connectivity index (χ1v) is 8.31. The Morgan fingerprint density at radius 2 is 2.14 bits per heavy atom. The quantitative estimate of drug-likeness (QED) is 0.712. The molecular weight excluding hydrogens is 352 g/mol. The highest BCUT2D eigenvalue weighted by molar-refractivity contribution is 9.10. The predicted octanol–water partition coefficient (Wildman–Crippen LogP) is 5.32. The fourth-order valence-corrected chi connectivity index (χ4v) is 3.10. The SMILES string of the molecule is CCCn1ccc(CNc2cc(Cl)cc(Br)c2OCC)c1. The van der Waals surface area contributed by atoms with Crippen molar-refractivity contribution in [3.8, 4) is 5.75 Å². The first-order valence-electron chi connectivity index (χ1n) is 7.14. The second kappa shape index (κ2) is 7.76. The highest BCUT2D eigenvalue weighted by Crippen LogP contribution is 2.36. The van der Waals surface area contributed by atoms with Gasteiger partial charge in [0, 0.05) is 30.5 Å². The maximum atomic E-state index is 6.12. The first kappa shape index (κ1) is 16.2. The van der Waals surface area contributed by atoms with Gasteiger partial charge in [0.2, 0.25) is 0 Å². The summed E-state index contributed by atoms with van der Waals surface area (Å²) in [5.41, 5.74) is 2.14. The van der Waals surface area contributed by atoms with Gasteiger partial charge in [0.15, 0.2) is 5.75 Å². The van der Waals surface area contributed by atoms with Crippen molar-refractivity contribution in [2.75, 3.05) is 11.9 Å². The zero-order valence-corrected chi connectivity index (χ0v) is 14.7. The van der Waals surface area contributed by atoms with Crippen LogP contribution < -0.4 is 10.1 Å². The van der Waals surface area contributed by atoms with Gasteiger partial charge in [-0.15, -0.1) is 0 Å². The number of hydrogen-bond donors (Lipinski definition) is 1. The van der Waals surface area contributed by atoms with E-state index >= 15 is 0 Å². The largest absolute Gasteiger partial charge is 0.491 e. The molecule has 0 radical (unpaired) electrons. The minimum Gasteiger partial charge on any atom is -0.491 e. The van der Waals surface area contributed by atoms with Gasteiger partial charge in [-0.05, 0) is 53.0 Å². The molecule has 0 saturated heterocycles. The van der Waals surface area contributed by atoms with Crippen LogP contribution in [0, 0.1) is 0 Å². The molecule has 3 nitrogen and oxygen atoms in total. The molecule has 21 heavy (non-hydrogen) atoms. The van der Waals surface area contributed by atoms with E-state index in [4.69, 9.17) is 16.3 Å². The summed E-state index contributed by atoms with van der Waals surface area (Å²) in [6, 6.07) is 5.86. The third-order valence-electron chi connectivity index (χ3n) is 3.07. The topological polar surface area (TPSA) is 26.2 Å². The number of rotatable bonds is 7. The number of aromatic nitrogens is 1. The molecule has 114 valence electrons. The Morgan fingerprint density at radius 3 is 2.86 bits per heavy atom. The van der Waals surface area contributed by atoms with E-state index in [1.54, 1.807) is 0 Å². The van der Waals surface area contributed by atoms with Crippen molar-refractivity contribution < 1.29 is 4.74 Å². The average Bonchev–Trinajstić information content (AvgIpc) is 2.88. The second-order valence-corrected chi connectivity index (χ2v) is 6.10. The summed E-state index contributed by atoms with van der Waals surface area (Å²) >= 11 is 9.62. The number of anilines is 1. The summed E-state index contributed by atoms with van der Waals surface area (Å²) in [4.78, 5) is 0. The predicted molar refractivity (Wildman–Crippen MR) is 92.4 cm³/mol. The molecule has 0 unspecified atom stereocenters. The zero-order chi connectivity index (χ0) is 15.2. The van der Waals surface area contributed by atoms with Crippen LogP contribution in [0.15, 0.2) is 35.1 Å². The molecule has 2 rings (SSSR count). The lowest BCUT2D eigenvalue weighted by Gasteiger charge is -2.14. The van der Waals surface area contributed by atoms with Crippen molar-refractivity contribution in [3.05, 3.63) is 45.7 Å². The third kappa shape index (κ3) is 4.42. The van der Waals surface area contributed by atoms with E-state index in [2.05, 4.69) is 51.2 Å².